The van der Waals surface area contributed by atoms with Gasteiger partial charge >= 0.3 is 17.4 Å². The largest absolute Gasteiger partial charge is 3.00 e. The van der Waals surface area contributed by atoms with Crippen LogP contribution in [0.1, 0.15) is 0 Å². The van der Waals surface area contributed by atoms with E-state index in [0.29, 0.717) is 0 Å². The molecule has 0 heterocycles. The van der Waals surface area contributed by atoms with Crippen molar-refractivity contribution >= 4 is 0 Å². The molecule has 4 radical (unpaired) electrons. The van der Waals surface area contributed by atoms with Crippen LogP contribution in [0.15, 0.2) is 0 Å². The van der Waals surface area contributed by atoms with Crippen molar-refractivity contribution in [3.8, 4) is 0 Å². The maximum absolute atomic E-state index is 6.25. The molecule has 22 heteroatoms. The Kier molecular flexibility index (Phi) is 4270. The van der Waals surface area contributed by atoms with Crippen molar-refractivity contribution in [2.24, 2.45) is 0 Å². The first-order valence-corrected chi connectivity index (χ1v) is 4.02. The summed E-state index contributed by atoms with van der Waals surface area (Å²) >= 11 is 0. The third kappa shape index (κ3) is 550. The minimum atomic E-state index is 0. The second kappa shape index (κ2) is 607. The van der Waals surface area contributed by atoms with Crippen molar-refractivity contribution < 1.29 is 68.6 Å². The third-order valence-corrected chi connectivity index (χ3v) is 0. The van der Waals surface area contributed by atoms with Gasteiger partial charge in [0.2, 0.25) is 0 Å². The first-order chi connectivity index (χ1) is 18.0. The molecule has 0 saturated carbocycles. The summed E-state index contributed by atoms with van der Waals surface area (Å²) in [7, 11) is 0. The van der Waals surface area contributed by atoms with E-state index in [2.05, 4.69) is 0 Å². The summed E-state index contributed by atoms with van der Waals surface area (Å²) < 4.78 is 0. The molecule has 0 rings (SSSR count). The molecule has 0 aromatic heterocycles. The molecule has 0 atom stereocenters. The van der Waals surface area contributed by atoms with E-state index in [0.717, 1.165) is 0 Å². The molecule has 204 valence electrons. The van der Waals surface area contributed by atoms with Crippen molar-refractivity contribution in [3.05, 3.63) is 118 Å². The van der Waals surface area contributed by atoms with Gasteiger partial charge in [-0.3, -0.25) is 0 Å². The minimum absolute atomic E-state index is 0. The summed E-state index contributed by atoms with van der Waals surface area (Å²) in [6.45, 7) is 85.5. The Morgan fingerprint density at radius 1 is 0.125 bits per heavy atom. The zero-order valence-corrected chi connectivity index (χ0v) is 23.4. The Bertz CT molecular complexity index is 369. The second-order valence-electron chi connectivity index (χ2n) is 0. The third-order valence-electron chi connectivity index (χ3n) is 0. The van der Waals surface area contributed by atoms with Crippen LogP contribution in [0.2, 0.25) is 0 Å². The Morgan fingerprint density at radius 3 is 0.125 bits per heavy atom. The maximum Gasteiger partial charge on any atom is 3.00 e. The molecule has 0 N–H and O–H groups in total. The van der Waals surface area contributed by atoms with Crippen LogP contribution in [-0.4, -0.2) is 0 Å². The smallest absolute Gasteiger partial charge is 0.512 e. The quantitative estimate of drug-likeness (QED) is 0.258. The molecule has 18 nitrogen and oxygen atoms in total. The van der Waals surface area contributed by atoms with E-state index in [1.165, 1.54) is 0 Å². The molecule has 0 aromatic rings. The molecule has 0 spiro atoms. The van der Waals surface area contributed by atoms with Crippen molar-refractivity contribution in [2.75, 3.05) is 0 Å². The first-order valence-electron chi connectivity index (χ1n) is 4.02. The van der Waals surface area contributed by atoms with Gasteiger partial charge in [-0.1, -0.05) is 0 Å². The summed E-state index contributed by atoms with van der Waals surface area (Å²) in [6, 6.07) is 0. The van der Waals surface area contributed by atoms with Crippen molar-refractivity contribution in [1.29, 1.82) is 94.7 Å². The maximum atomic E-state index is 6.25. The van der Waals surface area contributed by atoms with Crippen molar-refractivity contribution in [1.82, 2.24) is 0 Å². The normalized spacial score (nSPS) is 0.900. The molecule has 0 aromatic carbocycles. The van der Waals surface area contributed by atoms with E-state index < -0.39 is 0 Å². The van der Waals surface area contributed by atoms with Crippen LogP contribution in [0.5, 0.6) is 0 Å². The van der Waals surface area contributed by atoms with Gasteiger partial charge in [0.05, 0.1) is 0 Å². The molecule has 40 heavy (non-hydrogen) atoms. The predicted octanol–water partition coefficient (Wildman–Crippen LogP) is 1.72. The molecule has 0 saturated heterocycles. The monoisotopic (exact) mass is 685 g/mol. The van der Waals surface area contributed by atoms with E-state index in [4.69, 9.17) is 213 Å². The first kappa shape index (κ1) is 282. The second-order valence-corrected chi connectivity index (χ2v) is 0. The topological polar surface area (TPSA) is 428 Å². The molecule has 0 unspecified atom stereocenters. The average molecular weight is 685 g/mol. The van der Waals surface area contributed by atoms with Gasteiger partial charge in [0.1, 0.15) is 0 Å². The van der Waals surface area contributed by atoms with Crippen LogP contribution in [0.4, 0.5) is 0 Å². The van der Waals surface area contributed by atoms with Gasteiger partial charge in [-0.05, 0) is 0 Å². The van der Waals surface area contributed by atoms with Crippen LogP contribution < -0.4 is 0 Å². The minimum Gasteiger partial charge on any atom is -0.512 e. The SMILES string of the molecule is [C-]#N.[C-]#N.[C-]#N.[C-]#N.[C-]#N.[C-]#N.[C-]#N.[C-]#N.[C-]#N.[C-]#N.[C-]#N.[C-]#N.[C-]#N.[C-]#N.[C-]#N.[C-]#N.[C-]#N.[C-]#N.[Cr+3].[Mn].[Mn].[Mn]. The zero-order valence-electron chi connectivity index (χ0n) is 18.6. The van der Waals surface area contributed by atoms with Crippen LogP contribution in [0.25, 0.3) is 0 Å². The van der Waals surface area contributed by atoms with Crippen LogP contribution >= 0.6 is 0 Å². The molecule has 0 aliphatic rings. The van der Waals surface area contributed by atoms with Gasteiger partial charge in [-0.15, -0.1) is 0 Å². The van der Waals surface area contributed by atoms with Crippen molar-refractivity contribution in [3.63, 3.8) is 0 Å². The van der Waals surface area contributed by atoms with Crippen LogP contribution in [0.3, 0.4) is 0 Å². The summed E-state index contributed by atoms with van der Waals surface area (Å²) in [5, 5.41) is 112. The molecule has 0 fully saturated rings. The van der Waals surface area contributed by atoms with Gasteiger partial charge < -0.3 is 213 Å². The number of hydrogen-bond donors (Lipinski definition) is 0. The van der Waals surface area contributed by atoms with E-state index in [9.17, 15) is 0 Å². The van der Waals surface area contributed by atoms with Crippen LogP contribution in [-0.2, 0) is 68.6 Å². The van der Waals surface area contributed by atoms with E-state index in [1.54, 1.807) is 0 Å². The van der Waals surface area contributed by atoms with Gasteiger partial charge in [0.25, 0.3) is 0 Å². The Hall–Kier alpha value is -7.09. The molecule has 0 bridgehead atoms. The summed E-state index contributed by atoms with van der Waals surface area (Å²) in [6.07, 6.45) is 0. The Balaban J connectivity index is -0.00000000426. The van der Waals surface area contributed by atoms with Gasteiger partial charge in [-0.25, -0.2) is 0 Å². The summed E-state index contributed by atoms with van der Waals surface area (Å²) in [4.78, 5) is 0. The number of hydrogen-bond acceptors (Lipinski definition) is 18. The van der Waals surface area contributed by atoms with Gasteiger partial charge in [0.15, 0.2) is 0 Å². The molecular weight excluding hydrogens is 685 g/mol. The zero-order chi connectivity index (χ0) is 36.0. The average Bonchev–Trinajstić information content (AvgIpc) is 3.13. The Labute approximate surface area is 280 Å². The van der Waals surface area contributed by atoms with E-state index in [1.807, 2.05) is 0 Å². The van der Waals surface area contributed by atoms with Crippen molar-refractivity contribution in [2.45, 2.75) is 0 Å². The molecule has 0 amide bonds. The molecule has 0 aliphatic heterocycles. The fourth-order valence-corrected chi connectivity index (χ4v) is 0. The number of nitrogens with zero attached hydrogens (tertiary/aromatic N) is 18. The predicted molar refractivity (Wildman–Crippen MR) is 89.4 cm³/mol. The Morgan fingerprint density at radius 2 is 0.125 bits per heavy atom. The summed E-state index contributed by atoms with van der Waals surface area (Å²) in [5.74, 6) is 0. The van der Waals surface area contributed by atoms with Gasteiger partial charge in [-0.2, -0.15) is 0 Å². The fraction of sp³-hybridized carbons (Fsp3) is 0. The molecule has 0 aliphatic carbocycles. The molecular formula is C18CrMn3N18-15. The number of rotatable bonds is 0. The van der Waals surface area contributed by atoms with E-state index >= 15 is 0 Å². The fourth-order valence-electron chi connectivity index (χ4n) is 0. The van der Waals surface area contributed by atoms with Gasteiger partial charge in [0, 0.05) is 51.2 Å². The van der Waals surface area contributed by atoms with Crippen LogP contribution in [0, 0.1) is 213 Å². The standard InChI is InChI=1S/18CN.Cr.3Mn/c18*1-2;;;;/q18*-1;+3;;;. The summed E-state index contributed by atoms with van der Waals surface area (Å²) in [5.41, 5.74) is 0. The van der Waals surface area contributed by atoms with E-state index in [-0.39, 0.29) is 68.6 Å².